The minimum atomic E-state index is -4.16. The molecule has 3 aromatic rings. The molecule has 1 aliphatic heterocycles. The van der Waals surface area contributed by atoms with Crippen molar-refractivity contribution in [2.24, 2.45) is 0 Å². The predicted octanol–water partition coefficient (Wildman–Crippen LogP) is 3.66. The summed E-state index contributed by atoms with van der Waals surface area (Å²) < 4.78 is 38.6. The number of methoxy groups -OCH3 is 1. The molecule has 2 amide bonds. The quantitative estimate of drug-likeness (QED) is 0.465. The zero-order valence-corrected chi connectivity index (χ0v) is 21.7. The smallest absolute Gasteiger partial charge is 0.264 e. The zero-order valence-electron chi connectivity index (χ0n) is 20.1. The van der Waals surface area contributed by atoms with Crippen LogP contribution in [0.25, 0.3) is 0 Å². The number of nitrogens with one attached hydrogen (secondary N) is 1. The fraction of sp³-hybridized carbons (Fsp3) is 0.231. The maximum atomic E-state index is 13.6. The fourth-order valence-electron chi connectivity index (χ4n) is 3.86. The standard InChI is InChI=1S/C26H26ClN3O6S/c1-35-21-9-11-22(12-10-21)37(33,34)30(20-6-4-5-19(27)17-20)18-25(31)28-24-8-3-2-7-23(24)26(32)29-13-15-36-16-14-29/h2-12,17H,13-16,18H2,1H3,(H,28,31). The predicted molar refractivity (Wildman–Crippen MR) is 141 cm³/mol. The van der Waals surface area contributed by atoms with Crippen LogP contribution in [0.2, 0.25) is 5.02 Å². The highest BCUT2D eigenvalue weighted by atomic mass is 35.5. The minimum absolute atomic E-state index is 0.0241. The number of nitrogens with zero attached hydrogens (tertiary/aromatic N) is 2. The molecule has 194 valence electrons. The van der Waals surface area contributed by atoms with Crippen LogP contribution in [0.3, 0.4) is 0 Å². The Morgan fingerprint density at radius 1 is 1.03 bits per heavy atom. The Kier molecular flexibility index (Phi) is 8.32. The Hall–Kier alpha value is -3.60. The molecule has 11 heteroatoms. The van der Waals surface area contributed by atoms with Gasteiger partial charge in [0.25, 0.3) is 15.9 Å². The first kappa shape index (κ1) is 26.5. The maximum Gasteiger partial charge on any atom is 0.264 e. The molecule has 0 aliphatic carbocycles. The molecule has 1 aliphatic rings. The summed E-state index contributed by atoms with van der Waals surface area (Å²) in [6, 6.07) is 18.7. The van der Waals surface area contributed by atoms with Crippen molar-refractivity contribution in [1.29, 1.82) is 0 Å². The van der Waals surface area contributed by atoms with Gasteiger partial charge in [0, 0.05) is 18.1 Å². The lowest BCUT2D eigenvalue weighted by atomic mass is 10.1. The molecular weight excluding hydrogens is 518 g/mol. The highest BCUT2D eigenvalue weighted by molar-refractivity contribution is 7.92. The molecule has 1 saturated heterocycles. The second-order valence-electron chi connectivity index (χ2n) is 8.17. The van der Waals surface area contributed by atoms with Crippen molar-refractivity contribution >= 4 is 44.8 Å². The summed E-state index contributed by atoms with van der Waals surface area (Å²) in [4.78, 5) is 27.9. The second kappa shape index (κ2) is 11.6. The first-order valence-corrected chi connectivity index (χ1v) is 13.3. The Morgan fingerprint density at radius 2 is 1.73 bits per heavy atom. The Labute approximate surface area is 220 Å². The van der Waals surface area contributed by atoms with E-state index in [4.69, 9.17) is 21.1 Å². The number of carbonyl (C=O) groups excluding carboxylic acids is 2. The lowest BCUT2D eigenvalue weighted by Crippen LogP contribution is -2.41. The average molecular weight is 544 g/mol. The van der Waals surface area contributed by atoms with E-state index in [1.165, 1.54) is 37.4 Å². The Balaban J connectivity index is 1.61. The highest BCUT2D eigenvalue weighted by Crippen LogP contribution is 2.27. The van der Waals surface area contributed by atoms with E-state index in [1.807, 2.05) is 0 Å². The summed E-state index contributed by atoms with van der Waals surface area (Å²) in [5, 5.41) is 3.02. The minimum Gasteiger partial charge on any atom is -0.497 e. The van der Waals surface area contributed by atoms with Crippen molar-refractivity contribution in [3.63, 3.8) is 0 Å². The number of ether oxygens (including phenoxy) is 2. The van der Waals surface area contributed by atoms with Crippen LogP contribution < -0.4 is 14.4 Å². The number of carbonyl (C=O) groups is 2. The van der Waals surface area contributed by atoms with Gasteiger partial charge in [-0.25, -0.2) is 8.42 Å². The fourth-order valence-corrected chi connectivity index (χ4v) is 5.45. The maximum absolute atomic E-state index is 13.6. The third-order valence-corrected chi connectivity index (χ3v) is 7.78. The molecule has 0 aromatic heterocycles. The van der Waals surface area contributed by atoms with E-state index in [2.05, 4.69) is 5.32 Å². The zero-order chi connectivity index (χ0) is 26.4. The molecule has 0 saturated carbocycles. The van der Waals surface area contributed by atoms with Crippen molar-refractivity contribution in [2.75, 3.05) is 49.6 Å². The summed E-state index contributed by atoms with van der Waals surface area (Å²) >= 11 is 6.13. The summed E-state index contributed by atoms with van der Waals surface area (Å²) in [6.45, 7) is 1.23. The number of hydrogen-bond acceptors (Lipinski definition) is 6. The molecule has 0 bridgehead atoms. The average Bonchev–Trinajstić information content (AvgIpc) is 2.92. The molecule has 37 heavy (non-hydrogen) atoms. The van der Waals surface area contributed by atoms with Crippen LogP contribution in [0.4, 0.5) is 11.4 Å². The molecule has 0 atom stereocenters. The van der Waals surface area contributed by atoms with Crippen LogP contribution in [0, 0.1) is 0 Å². The number of sulfonamides is 1. The van der Waals surface area contributed by atoms with E-state index in [0.717, 1.165) is 4.31 Å². The van der Waals surface area contributed by atoms with Gasteiger partial charge in [0.1, 0.15) is 12.3 Å². The van der Waals surface area contributed by atoms with Crippen molar-refractivity contribution in [1.82, 2.24) is 4.90 Å². The molecule has 1 heterocycles. The van der Waals surface area contributed by atoms with Crippen LogP contribution in [0.1, 0.15) is 10.4 Å². The van der Waals surface area contributed by atoms with Gasteiger partial charge in [-0.2, -0.15) is 0 Å². The van der Waals surface area contributed by atoms with E-state index in [-0.39, 0.29) is 22.2 Å². The molecule has 0 spiro atoms. The van der Waals surface area contributed by atoms with Crippen LogP contribution in [0.15, 0.2) is 77.7 Å². The van der Waals surface area contributed by atoms with E-state index in [0.29, 0.717) is 42.6 Å². The normalized spacial score (nSPS) is 13.6. The lowest BCUT2D eigenvalue weighted by molar-refractivity contribution is -0.114. The van der Waals surface area contributed by atoms with E-state index in [9.17, 15) is 18.0 Å². The molecule has 0 unspecified atom stereocenters. The van der Waals surface area contributed by atoms with Crippen LogP contribution in [-0.4, -0.2) is 65.1 Å². The van der Waals surface area contributed by atoms with Gasteiger partial charge in [-0.1, -0.05) is 29.8 Å². The Bertz CT molecular complexity index is 1380. The molecule has 1 N–H and O–H groups in total. The third-order valence-electron chi connectivity index (χ3n) is 5.76. The van der Waals surface area contributed by atoms with Crippen molar-refractivity contribution in [2.45, 2.75) is 4.90 Å². The number of rotatable bonds is 8. The van der Waals surface area contributed by atoms with Gasteiger partial charge in [-0.15, -0.1) is 0 Å². The summed E-state index contributed by atoms with van der Waals surface area (Å²) in [7, 11) is -2.68. The van der Waals surface area contributed by atoms with Crippen LogP contribution in [0.5, 0.6) is 5.75 Å². The van der Waals surface area contributed by atoms with Gasteiger partial charge < -0.3 is 19.7 Å². The van der Waals surface area contributed by atoms with Gasteiger partial charge in [-0.3, -0.25) is 13.9 Å². The molecule has 3 aromatic carbocycles. The van der Waals surface area contributed by atoms with Gasteiger partial charge in [0.15, 0.2) is 0 Å². The number of morpholine rings is 1. The van der Waals surface area contributed by atoms with Crippen molar-refractivity contribution in [3.8, 4) is 5.75 Å². The third kappa shape index (κ3) is 6.22. The molecule has 9 nitrogen and oxygen atoms in total. The van der Waals surface area contributed by atoms with E-state index in [1.54, 1.807) is 47.4 Å². The molecule has 4 rings (SSSR count). The van der Waals surface area contributed by atoms with Crippen molar-refractivity contribution in [3.05, 3.63) is 83.4 Å². The topological polar surface area (TPSA) is 105 Å². The van der Waals surface area contributed by atoms with E-state index >= 15 is 0 Å². The largest absolute Gasteiger partial charge is 0.497 e. The molecule has 1 fully saturated rings. The van der Waals surface area contributed by atoms with Crippen LogP contribution >= 0.6 is 11.6 Å². The summed E-state index contributed by atoms with van der Waals surface area (Å²) in [5.74, 6) is -0.372. The SMILES string of the molecule is COc1ccc(S(=O)(=O)N(CC(=O)Nc2ccccc2C(=O)N2CCOCC2)c2cccc(Cl)c2)cc1. The van der Waals surface area contributed by atoms with Crippen molar-refractivity contribution < 1.29 is 27.5 Å². The summed E-state index contributed by atoms with van der Waals surface area (Å²) in [5.41, 5.74) is 0.818. The van der Waals surface area contributed by atoms with E-state index < -0.39 is 22.5 Å². The molecular formula is C26H26ClN3O6S. The second-order valence-corrected chi connectivity index (χ2v) is 10.5. The molecule has 0 radical (unpaired) electrons. The van der Waals surface area contributed by atoms with Gasteiger partial charge in [0.05, 0.1) is 42.2 Å². The number of amides is 2. The first-order valence-electron chi connectivity index (χ1n) is 11.5. The number of hydrogen-bond donors (Lipinski definition) is 1. The Morgan fingerprint density at radius 3 is 2.41 bits per heavy atom. The van der Waals surface area contributed by atoms with Crippen LogP contribution in [-0.2, 0) is 19.6 Å². The summed E-state index contributed by atoms with van der Waals surface area (Å²) in [6.07, 6.45) is 0. The number of benzene rings is 3. The highest BCUT2D eigenvalue weighted by Gasteiger charge is 2.28. The number of halogens is 1. The van der Waals surface area contributed by atoms with Gasteiger partial charge in [-0.05, 0) is 54.6 Å². The lowest BCUT2D eigenvalue weighted by Gasteiger charge is -2.28. The monoisotopic (exact) mass is 543 g/mol. The van der Waals surface area contributed by atoms with Gasteiger partial charge >= 0.3 is 0 Å². The number of para-hydroxylation sites is 1. The first-order chi connectivity index (χ1) is 17.8. The number of anilines is 2. The van der Waals surface area contributed by atoms with Gasteiger partial charge in [0.2, 0.25) is 5.91 Å².